The molecule has 1 aliphatic rings. The van der Waals surface area contributed by atoms with Crippen LogP contribution in [0.5, 0.6) is 0 Å². The largest absolute Gasteiger partial charge is 0.348 e. The van der Waals surface area contributed by atoms with Crippen LogP contribution in [0.2, 0.25) is 0 Å². The third-order valence-electron chi connectivity index (χ3n) is 2.87. The van der Waals surface area contributed by atoms with Gasteiger partial charge in [-0.3, -0.25) is 0 Å². The van der Waals surface area contributed by atoms with E-state index in [9.17, 15) is 0 Å². The van der Waals surface area contributed by atoms with Gasteiger partial charge in [-0.05, 0) is 18.6 Å². The molecule has 0 saturated carbocycles. The van der Waals surface area contributed by atoms with E-state index >= 15 is 0 Å². The zero-order valence-corrected chi connectivity index (χ0v) is 9.84. The Bertz CT molecular complexity index is 469. The van der Waals surface area contributed by atoms with Crippen molar-refractivity contribution in [1.29, 1.82) is 5.26 Å². The number of nitrogens with zero attached hydrogens (tertiary/aromatic N) is 1. The normalized spacial score (nSPS) is 24.2. The number of hydrogen-bond acceptors (Lipinski definition) is 2. The first-order valence-electron chi connectivity index (χ1n) is 5.74. The maximum Gasteiger partial charge on any atom is 0.142 e. The van der Waals surface area contributed by atoms with E-state index in [-0.39, 0.29) is 0 Å². The Kier molecular flexibility index (Phi) is 3.41. The van der Waals surface area contributed by atoms with Crippen LogP contribution in [-0.4, -0.2) is 6.10 Å². The van der Waals surface area contributed by atoms with Gasteiger partial charge in [0.2, 0.25) is 0 Å². The van der Waals surface area contributed by atoms with Crippen molar-refractivity contribution in [3.05, 3.63) is 60.2 Å². The van der Waals surface area contributed by atoms with Crippen LogP contribution in [0.1, 0.15) is 18.9 Å². The van der Waals surface area contributed by atoms with Crippen LogP contribution < -0.4 is 0 Å². The van der Waals surface area contributed by atoms with Gasteiger partial charge in [0, 0.05) is 6.42 Å². The SMILES string of the molecule is CC(C#N)OC1(c2ccccc2)C=CC=CC1. The lowest BCUT2D eigenvalue weighted by molar-refractivity contribution is -0.0348. The molecule has 0 radical (unpaired) electrons. The molecule has 86 valence electrons. The van der Waals surface area contributed by atoms with E-state index in [1.165, 1.54) is 0 Å². The molecule has 0 aliphatic heterocycles. The van der Waals surface area contributed by atoms with Gasteiger partial charge in [0.05, 0.1) is 6.07 Å². The first-order valence-corrected chi connectivity index (χ1v) is 5.74. The molecule has 0 spiro atoms. The van der Waals surface area contributed by atoms with E-state index in [2.05, 4.69) is 12.1 Å². The van der Waals surface area contributed by atoms with Crippen LogP contribution in [0, 0.1) is 11.3 Å². The number of hydrogen-bond donors (Lipinski definition) is 0. The van der Waals surface area contributed by atoms with Gasteiger partial charge in [-0.2, -0.15) is 5.26 Å². The smallest absolute Gasteiger partial charge is 0.142 e. The molecule has 0 heterocycles. The van der Waals surface area contributed by atoms with Crippen LogP contribution in [0.15, 0.2) is 54.6 Å². The molecule has 0 N–H and O–H groups in total. The van der Waals surface area contributed by atoms with Crippen molar-refractivity contribution in [3.63, 3.8) is 0 Å². The number of ether oxygens (including phenoxy) is 1. The predicted molar refractivity (Wildman–Crippen MR) is 67.2 cm³/mol. The molecular weight excluding hydrogens is 210 g/mol. The summed E-state index contributed by atoms with van der Waals surface area (Å²) in [5, 5.41) is 8.91. The van der Waals surface area contributed by atoms with Crippen molar-refractivity contribution in [2.45, 2.75) is 25.0 Å². The van der Waals surface area contributed by atoms with Gasteiger partial charge in [-0.15, -0.1) is 0 Å². The van der Waals surface area contributed by atoms with Gasteiger partial charge in [-0.25, -0.2) is 0 Å². The van der Waals surface area contributed by atoms with Gasteiger partial charge in [0.1, 0.15) is 11.7 Å². The fourth-order valence-corrected chi connectivity index (χ4v) is 2.03. The zero-order valence-electron chi connectivity index (χ0n) is 9.84. The molecule has 1 aromatic rings. The summed E-state index contributed by atoms with van der Waals surface area (Å²) in [4.78, 5) is 0. The number of nitriles is 1. The van der Waals surface area contributed by atoms with Crippen LogP contribution in [0.4, 0.5) is 0 Å². The van der Waals surface area contributed by atoms with E-state index < -0.39 is 11.7 Å². The van der Waals surface area contributed by atoms with Gasteiger partial charge in [-0.1, -0.05) is 48.6 Å². The second-order valence-electron chi connectivity index (χ2n) is 4.14. The Hall–Kier alpha value is -1.85. The molecule has 2 atom stereocenters. The van der Waals surface area contributed by atoms with Crippen LogP contribution in [-0.2, 0) is 10.3 Å². The van der Waals surface area contributed by atoms with Crippen molar-refractivity contribution in [2.75, 3.05) is 0 Å². The lowest BCUT2D eigenvalue weighted by atomic mass is 9.87. The quantitative estimate of drug-likeness (QED) is 0.790. The Balaban J connectivity index is 2.35. The molecule has 0 bridgehead atoms. The Labute approximate surface area is 102 Å². The molecular formula is C15H15NO. The number of rotatable bonds is 3. The summed E-state index contributed by atoms with van der Waals surface area (Å²) in [6.07, 6.45) is 8.40. The number of benzene rings is 1. The molecule has 1 aromatic carbocycles. The van der Waals surface area contributed by atoms with Crippen molar-refractivity contribution < 1.29 is 4.74 Å². The first-order chi connectivity index (χ1) is 8.27. The van der Waals surface area contributed by atoms with Crippen LogP contribution in [0.3, 0.4) is 0 Å². The standard InChI is InChI=1S/C15H15NO/c1-13(12-16)17-15(10-6-3-7-11-15)14-8-4-2-5-9-14/h2-10,13H,11H2,1H3. The van der Waals surface area contributed by atoms with Crippen molar-refractivity contribution >= 4 is 0 Å². The van der Waals surface area contributed by atoms with Gasteiger partial charge in [0.25, 0.3) is 0 Å². The average Bonchev–Trinajstić information content (AvgIpc) is 2.40. The highest BCUT2D eigenvalue weighted by atomic mass is 16.5. The summed E-state index contributed by atoms with van der Waals surface area (Å²) in [5.74, 6) is 0. The fraction of sp³-hybridized carbons (Fsp3) is 0.267. The summed E-state index contributed by atoms with van der Waals surface area (Å²) in [7, 11) is 0. The molecule has 2 unspecified atom stereocenters. The second-order valence-corrected chi connectivity index (χ2v) is 4.14. The zero-order chi connectivity index (χ0) is 12.1. The number of allylic oxidation sites excluding steroid dienone is 2. The highest BCUT2D eigenvalue weighted by molar-refractivity contribution is 5.32. The highest BCUT2D eigenvalue weighted by Gasteiger charge is 2.32. The summed E-state index contributed by atoms with van der Waals surface area (Å²) >= 11 is 0. The minimum Gasteiger partial charge on any atom is -0.348 e. The van der Waals surface area contributed by atoms with E-state index in [4.69, 9.17) is 10.00 Å². The summed E-state index contributed by atoms with van der Waals surface area (Å²) in [5.41, 5.74) is 0.591. The first kappa shape index (κ1) is 11.6. The van der Waals surface area contributed by atoms with E-state index in [1.807, 2.05) is 48.6 Å². The summed E-state index contributed by atoms with van der Waals surface area (Å²) in [6, 6.07) is 12.2. The molecule has 1 aliphatic carbocycles. The lowest BCUT2D eigenvalue weighted by Gasteiger charge is -2.33. The van der Waals surface area contributed by atoms with Crippen LogP contribution in [0.25, 0.3) is 0 Å². The summed E-state index contributed by atoms with van der Waals surface area (Å²) in [6.45, 7) is 1.77. The molecule has 0 aromatic heterocycles. The molecule has 2 rings (SSSR count). The molecule has 2 heteroatoms. The van der Waals surface area contributed by atoms with Crippen molar-refractivity contribution in [3.8, 4) is 6.07 Å². The Morgan fingerprint density at radius 3 is 2.65 bits per heavy atom. The minimum absolute atomic E-state index is 0.425. The van der Waals surface area contributed by atoms with Crippen LogP contribution >= 0.6 is 0 Å². The van der Waals surface area contributed by atoms with Crippen molar-refractivity contribution in [1.82, 2.24) is 0 Å². The summed E-state index contributed by atoms with van der Waals surface area (Å²) < 4.78 is 5.91. The van der Waals surface area contributed by atoms with E-state index in [1.54, 1.807) is 6.92 Å². The Morgan fingerprint density at radius 2 is 2.06 bits per heavy atom. The van der Waals surface area contributed by atoms with E-state index in [0.29, 0.717) is 0 Å². The van der Waals surface area contributed by atoms with Gasteiger partial charge < -0.3 is 4.74 Å². The van der Waals surface area contributed by atoms with Crippen molar-refractivity contribution in [2.24, 2.45) is 0 Å². The van der Waals surface area contributed by atoms with Gasteiger partial charge in [0.15, 0.2) is 0 Å². The maximum absolute atomic E-state index is 8.91. The maximum atomic E-state index is 8.91. The molecule has 0 saturated heterocycles. The molecule has 2 nitrogen and oxygen atoms in total. The molecule has 0 amide bonds. The highest BCUT2D eigenvalue weighted by Crippen LogP contribution is 2.34. The van der Waals surface area contributed by atoms with E-state index in [0.717, 1.165) is 12.0 Å². The monoisotopic (exact) mass is 225 g/mol. The third kappa shape index (κ3) is 2.46. The molecule has 17 heavy (non-hydrogen) atoms. The Morgan fingerprint density at radius 1 is 1.29 bits per heavy atom. The van der Waals surface area contributed by atoms with Gasteiger partial charge >= 0.3 is 0 Å². The second kappa shape index (κ2) is 4.99. The minimum atomic E-state index is -0.495. The fourth-order valence-electron chi connectivity index (χ4n) is 2.03. The predicted octanol–water partition coefficient (Wildman–Crippen LogP) is 3.33. The lowest BCUT2D eigenvalue weighted by Crippen LogP contribution is -2.31. The topological polar surface area (TPSA) is 33.0 Å². The molecule has 0 fully saturated rings. The average molecular weight is 225 g/mol. The third-order valence-corrected chi connectivity index (χ3v) is 2.87.